The van der Waals surface area contributed by atoms with E-state index >= 15 is 0 Å². The minimum atomic E-state index is -0.964. The molecular formula is C24H33ClN4O5. The van der Waals surface area contributed by atoms with Gasteiger partial charge in [-0.05, 0) is 65.1 Å². The minimum Gasteiger partial charge on any atom is -0.467 e. The van der Waals surface area contributed by atoms with Gasteiger partial charge in [0.1, 0.15) is 28.6 Å². The minimum absolute atomic E-state index is 0.0845. The van der Waals surface area contributed by atoms with Gasteiger partial charge >= 0.3 is 12.1 Å². The molecular weight excluding hydrogens is 460 g/mol. The maximum absolute atomic E-state index is 13.4. The SMILES string of the molecule is COC(=O)C1(n2c([C@@H]3COC(C)(C)N3C(=O)OC(C)(C)C)cc3cnc(Cl)nc32)CCCCC1. The van der Waals surface area contributed by atoms with Crippen LogP contribution in [-0.2, 0) is 24.5 Å². The van der Waals surface area contributed by atoms with Crippen molar-refractivity contribution < 1.29 is 23.8 Å². The number of hydrogen-bond acceptors (Lipinski definition) is 7. The quantitative estimate of drug-likeness (QED) is 0.441. The number of amides is 1. The largest absolute Gasteiger partial charge is 0.467 e. The summed E-state index contributed by atoms with van der Waals surface area (Å²) in [4.78, 5) is 37.0. The van der Waals surface area contributed by atoms with Gasteiger partial charge in [0, 0.05) is 17.3 Å². The normalized spacial score (nSPS) is 22.1. The molecule has 4 rings (SSSR count). The van der Waals surface area contributed by atoms with Gasteiger partial charge in [0.15, 0.2) is 0 Å². The Morgan fingerprint density at radius 1 is 1.21 bits per heavy atom. The number of carbonyl (C=O) groups excluding carboxylic acids is 2. The molecule has 34 heavy (non-hydrogen) atoms. The first-order valence-electron chi connectivity index (χ1n) is 11.7. The molecule has 1 saturated heterocycles. The predicted molar refractivity (Wildman–Crippen MR) is 126 cm³/mol. The summed E-state index contributed by atoms with van der Waals surface area (Å²) in [6.07, 6.45) is 5.12. The van der Waals surface area contributed by atoms with Crippen LogP contribution in [0.1, 0.15) is 78.5 Å². The summed E-state index contributed by atoms with van der Waals surface area (Å²) in [5.41, 5.74) is -1.30. The topological polar surface area (TPSA) is 95.8 Å². The number of hydrogen-bond donors (Lipinski definition) is 0. The third-order valence-corrected chi connectivity index (χ3v) is 6.81. The Kier molecular flexibility index (Phi) is 6.31. The number of nitrogens with zero attached hydrogens (tertiary/aromatic N) is 4. The van der Waals surface area contributed by atoms with Crippen molar-refractivity contribution in [3.63, 3.8) is 0 Å². The summed E-state index contributed by atoms with van der Waals surface area (Å²) in [5.74, 6) is -0.331. The number of ether oxygens (including phenoxy) is 3. The van der Waals surface area contributed by atoms with Crippen LogP contribution < -0.4 is 0 Å². The van der Waals surface area contributed by atoms with Gasteiger partial charge in [0.2, 0.25) is 5.28 Å². The highest BCUT2D eigenvalue weighted by Crippen LogP contribution is 2.45. The first-order chi connectivity index (χ1) is 15.9. The maximum atomic E-state index is 13.4. The Bertz CT molecular complexity index is 1100. The highest BCUT2D eigenvalue weighted by molar-refractivity contribution is 6.28. The molecule has 1 aliphatic heterocycles. The Balaban J connectivity index is 1.94. The van der Waals surface area contributed by atoms with Crippen LogP contribution in [-0.4, -0.2) is 56.5 Å². The van der Waals surface area contributed by atoms with E-state index < -0.39 is 29.0 Å². The van der Waals surface area contributed by atoms with Crippen LogP contribution >= 0.6 is 11.6 Å². The lowest BCUT2D eigenvalue weighted by atomic mass is 9.81. The van der Waals surface area contributed by atoms with E-state index in [1.54, 1.807) is 11.1 Å². The molecule has 0 N–H and O–H groups in total. The van der Waals surface area contributed by atoms with Gasteiger partial charge in [-0.1, -0.05) is 19.3 Å². The average Bonchev–Trinajstić information content (AvgIpc) is 3.28. The van der Waals surface area contributed by atoms with E-state index in [-0.39, 0.29) is 17.9 Å². The fraction of sp³-hybridized carbons (Fsp3) is 0.667. The smallest absolute Gasteiger partial charge is 0.413 e. The highest BCUT2D eigenvalue weighted by Gasteiger charge is 2.51. The summed E-state index contributed by atoms with van der Waals surface area (Å²) < 4.78 is 19.1. The molecule has 1 saturated carbocycles. The first-order valence-corrected chi connectivity index (χ1v) is 12.1. The lowest BCUT2D eigenvalue weighted by Gasteiger charge is -2.40. The molecule has 2 aromatic rings. The van der Waals surface area contributed by atoms with Crippen molar-refractivity contribution in [3.8, 4) is 0 Å². The zero-order valence-electron chi connectivity index (χ0n) is 20.7. The van der Waals surface area contributed by atoms with E-state index in [1.807, 2.05) is 45.3 Å². The van der Waals surface area contributed by atoms with E-state index in [4.69, 9.17) is 25.8 Å². The summed E-state index contributed by atoms with van der Waals surface area (Å²) in [5, 5.41) is 0.809. The number of halogens is 1. The number of fused-ring (bicyclic) bond motifs is 1. The molecule has 1 atom stereocenters. The number of rotatable bonds is 3. The van der Waals surface area contributed by atoms with E-state index in [0.717, 1.165) is 30.3 Å². The third-order valence-electron chi connectivity index (χ3n) is 6.63. The standard InChI is InChI=1S/C24H33ClN4O5/c1-22(2,3)34-21(31)29-17(14-33-23(29,4)5)16-12-15-13-26-20(25)27-18(15)28(16)24(19(30)32-6)10-8-7-9-11-24/h12-13,17H,7-11,14H2,1-6H3/t17-/m0/s1. The number of carbonyl (C=O) groups is 2. The molecule has 0 bridgehead atoms. The molecule has 2 fully saturated rings. The summed E-state index contributed by atoms with van der Waals surface area (Å²) in [7, 11) is 1.40. The maximum Gasteiger partial charge on any atom is 0.413 e. The summed E-state index contributed by atoms with van der Waals surface area (Å²) in [6.45, 7) is 9.38. The van der Waals surface area contributed by atoms with Crippen molar-refractivity contribution in [2.24, 2.45) is 0 Å². The van der Waals surface area contributed by atoms with Crippen molar-refractivity contribution in [1.29, 1.82) is 0 Å². The van der Waals surface area contributed by atoms with Gasteiger partial charge in [0.25, 0.3) is 0 Å². The van der Waals surface area contributed by atoms with Gasteiger partial charge in [-0.15, -0.1) is 0 Å². The number of methoxy groups -OCH3 is 1. The molecule has 10 heteroatoms. The third kappa shape index (κ3) is 4.24. The molecule has 9 nitrogen and oxygen atoms in total. The lowest BCUT2D eigenvalue weighted by Crippen LogP contribution is -2.49. The van der Waals surface area contributed by atoms with Crippen molar-refractivity contribution in [2.75, 3.05) is 13.7 Å². The Morgan fingerprint density at radius 3 is 2.50 bits per heavy atom. The Morgan fingerprint density at radius 2 is 1.88 bits per heavy atom. The van der Waals surface area contributed by atoms with Crippen molar-refractivity contribution in [1.82, 2.24) is 19.4 Å². The summed E-state index contributed by atoms with van der Waals surface area (Å²) in [6, 6.07) is 1.40. The van der Waals surface area contributed by atoms with Crippen LogP contribution in [0, 0.1) is 0 Å². The molecule has 186 valence electrons. The predicted octanol–water partition coefficient (Wildman–Crippen LogP) is 4.96. The second-order valence-electron chi connectivity index (χ2n) is 10.5. The molecule has 0 radical (unpaired) electrons. The summed E-state index contributed by atoms with van der Waals surface area (Å²) >= 11 is 6.19. The molecule has 2 aromatic heterocycles. The molecule has 0 unspecified atom stereocenters. The molecule has 3 heterocycles. The Labute approximate surface area is 204 Å². The van der Waals surface area contributed by atoms with Crippen molar-refractivity contribution >= 4 is 34.7 Å². The fourth-order valence-electron chi connectivity index (χ4n) is 5.21. The van der Waals surface area contributed by atoms with Gasteiger partial charge in [-0.25, -0.2) is 14.6 Å². The van der Waals surface area contributed by atoms with Crippen LogP contribution in [0.3, 0.4) is 0 Å². The van der Waals surface area contributed by atoms with E-state index in [2.05, 4.69) is 9.97 Å². The molecule has 2 aliphatic rings. The van der Waals surface area contributed by atoms with Crippen molar-refractivity contribution in [2.45, 2.75) is 89.6 Å². The van der Waals surface area contributed by atoms with E-state index in [1.165, 1.54) is 7.11 Å². The second kappa shape index (κ2) is 8.68. The second-order valence-corrected chi connectivity index (χ2v) is 10.9. The van der Waals surface area contributed by atoms with Crippen LogP contribution in [0.25, 0.3) is 11.0 Å². The monoisotopic (exact) mass is 492 g/mol. The van der Waals surface area contributed by atoms with Crippen LogP contribution in [0.4, 0.5) is 4.79 Å². The average molecular weight is 493 g/mol. The number of esters is 1. The van der Waals surface area contributed by atoms with Gasteiger partial charge in [0.05, 0.1) is 13.7 Å². The van der Waals surface area contributed by atoms with Gasteiger partial charge < -0.3 is 18.8 Å². The van der Waals surface area contributed by atoms with E-state index in [0.29, 0.717) is 18.5 Å². The lowest BCUT2D eigenvalue weighted by molar-refractivity contribution is -0.153. The van der Waals surface area contributed by atoms with Crippen LogP contribution in [0.15, 0.2) is 12.3 Å². The van der Waals surface area contributed by atoms with Crippen LogP contribution in [0.2, 0.25) is 5.28 Å². The molecule has 0 spiro atoms. The fourth-order valence-corrected chi connectivity index (χ4v) is 5.34. The van der Waals surface area contributed by atoms with Gasteiger partial charge in [-0.2, -0.15) is 4.98 Å². The molecule has 1 aliphatic carbocycles. The number of aromatic nitrogens is 3. The Hall–Kier alpha value is -2.39. The van der Waals surface area contributed by atoms with E-state index in [9.17, 15) is 9.59 Å². The van der Waals surface area contributed by atoms with Gasteiger partial charge in [-0.3, -0.25) is 4.90 Å². The molecule has 0 aromatic carbocycles. The van der Waals surface area contributed by atoms with Crippen LogP contribution in [0.5, 0.6) is 0 Å². The first kappa shape index (κ1) is 24.7. The molecule has 1 amide bonds. The zero-order chi connectivity index (χ0) is 24.9. The zero-order valence-corrected chi connectivity index (χ0v) is 21.4. The highest BCUT2D eigenvalue weighted by atomic mass is 35.5. The van der Waals surface area contributed by atoms with Crippen molar-refractivity contribution in [3.05, 3.63) is 23.2 Å².